The topological polar surface area (TPSA) is 89.7 Å². The summed E-state index contributed by atoms with van der Waals surface area (Å²) in [6, 6.07) is 5.69. The molecular formula is C10H11NO5. The number of hydrogen-bond donors (Lipinski definition) is 1. The monoisotopic (exact) mass is 225 g/mol. The Labute approximate surface area is 91.6 Å². The summed E-state index contributed by atoms with van der Waals surface area (Å²) in [6.07, 6.45) is -0.831. The van der Waals surface area contributed by atoms with Crippen LogP contribution in [-0.2, 0) is 4.79 Å². The van der Waals surface area contributed by atoms with E-state index in [1.165, 1.54) is 18.2 Å². The van der Waals surface area contributed by atoms with Crippen molar-refractivity contribution in [3.05, 3.63) is 34.4 Å². The smallest absolute Gasteiger partial charge is 0.344 e. The number of hydrogen-bond acceptors (Lipinski definition) is 4. The van der Waals surface area contributed by atoms with Gasteiger partial charge in [0, 0.05) is 6.07 Å². The molecule has 1 rings (SSSR count). The largest absolute Gasteiger partial charge is 0.479 e. The van der Waals surface area contributed by atoms with Gasteiger partial charge >= 0.3 is 11.7 Å². The van der Waals surface area contributed by atoms with Gasteiger partial charge in [0.2, 0.25) is 0 Å². The van der Waals surface area contributed by atoms with E-state index in [1.54, 1.807) is 13.0 Å². The minimum Gasteiger partial charge on any atom is -0.479 e. The second-order valence-corrected chi connectivity index (χ2v) is 3.08. The third-order valence-corrected chi connectivity index (χ3v) is 1.98. The Morgan fingerprint density at radius 3 is 2.69 bits per heavy atom. The van der Waals surface area contributed by atoms with Crippen LogP contribution < -0.4 is 4.74 Å². The molecule has 86 valence electrons. The van der Waals surface area contributed by atoms with Gasteiger partial charge in [0.1, 0.15) is 0 Å². The number of carbonyl (C=O) groups is 1. The number of para-hydroxylation sites is 2. The first-order valence-electron chi connectivity index (χ1n) is 4.69. The molecule has 0 aliphatic rings. The van der Waals surface area contributed by atoms with E-state index in [1.807, 2.05) is 0 Å². The maximum atomic E-state index is 10.7. The lowest BCUT2D eigenvalue weighted by Crippen LogP contribution is -2.26. The zero-order valence-corrected chi connectivity index (χ0v) is 8.62. The number of carboxylic acid groups (broad SMARTS) is 1. The standard InChI is InChI=1S/C10H11NO5/c1-2-8(10(12)13)16-9-6-4-3-5-7(9)11(14)15/h3-6,8H,2H2,1H3,(H,12,13). The summed E-state index contributed by atoms with van der Waals surface area (Å²) in [5, 5.41) is 19.4. The van der Waals surface area contributed by atoms with E-state index < -0.39 is 17.0 Å². The number of ether oxygens (including phenoxy) is 1. The molecule has 0 fully saturated rings. The molecular weight excluding hydrogens is 214 g/mol. The highest BCUT2D eigenvalue weighted by Gasteiger charge is 2.21. The van der Waals surface area contributed by atoms with Crippen LogP contribution >= 0.6 is 0 Å². The number of nitro benzene ring substituents is 1. The Kier molecular flexibility index (Phi) is 3.82. The summed E-state index contributed by atoms with van der Waals surface area (Å²) < 4.78 is 5.08. The summed E-state index contributed by atoms with van der Waals surface area (Å²) >= 11 is 0. The molecule has 0 saturated heterocycles. The molecule has 1 unspecified atom stereocenters. The first kappa shape index (κ1) is 12.0. The Balaban J connectivity index is 2.95. The second kappa shape index (κ2) is 5.11. The van der Waals surface area contributed by atoms with Crippen LogP contribution in [0.4, 0.5) is 5.69 Å². The molecule has 16 heavy (non-hydrogen) atoms. The average molecular weight is 225 g/mol. The van der Waals surface area contributed by atoms with E-state index in [2.05, 4.69) is 0 Å². The van der Waals surface area contributed by atoms with Crippen molar-refractivity contribution in [1.82, 2.24) is 0 Å². The number of benzene rings is 1. The average Bonchev–Trinajstić information content (AvgIpc) is 2.25. The Morgan fingerprint density at radius 1 is 1.56 bits per heavy atom. The molecule has 0 saturated carbocycles. The van der Waals surface area contributed by atoms with E-state index in [-0.39, 0.29) is 17.9 Å². The Hall–Kier alpha value is -2.11. The van der Waals surface area contributed by atoms with Crippen LogP contribution in [0.3, 0.4) is 0 Å². The van der Waals surface area contributed by atoms with Crippen molar-refractivity contribution in [2.24, 2.45) is 0 Å². The van der Waals surface area contributed by atoms with Crippen LogP contribution in [0, 0.1) is 10.1 Å². The lowest BCUT2D eigenvalue weighted by Gasteiger charge is -2.12. The SMILES string of the molecule is CCC(Oc1ccccc1[N+](=O)[O-])C(=O)O. The van der Waals surface area contributed by atoms with Crippen LogP contribution in [0.5, 0.6) is 5.75 Å². The lowest BCUT2D eigenvalue weighted by atomic mass is 10.2. The molecule has 1 N–H and O–H groups in total. The van der Waals surface area contributed by atoms with Crippen molar-refractivity contribution in [3.8, 4) is 5.75 Å². The van der Waals surface area contributed by atoms with Gasteiger partial charge in [0.05, 0.1) is 4.92 Å². The van der Waals surface area contributed by atoms with Gasteiger partial charge in [-0.2, -0.15) is 0 Å². The molecule has 1 aromatic carbocycles. The molecule has 0 spiro atoms. The van der Waals surface area contributed by atoms with E-state index in [0.717, 1.165) is 0 Å². The molecule has 0 aliphatic carbocycles. The molecule has 0 radical (unpaired) electrons. The first-order valence-corrected chi connectivity index (χ1v) is 4.69. The summed E-state index contributed by atoms with van der Waals surface area (Å²) in [5.74, 6) is -1.16. The van der Waals surface area contributed by atoms with Crippen molar-refractivity contribution in [3.63, 3.8) is 0 Å². The predicted octanol–water partition coefficient (Wildman–Crippen LogP) is 1.84. The van der Waals surface area contributed by atoms with Gasteiger partial charge in [-0.15, -0.1) is 0 Å². The fourth-order valence-corrected chi connectivity index (χ4v) is 1.17. The highest BCUT2D eigenvalue weighted by molar-refractivity contribution is 5.72. The van der Waals surface area contributed by atoms with Gasteiger partial charge < -0.3 is 9.84 Å². The highest BCUT2D eigenvalue weighted by atomic mass is 16.6. The van der Waals surface area contributed by atoms with Crippen LogP contribution in [0.25, 0.3) is 0 Å². The Bertz CT molecular complexity index is 404. The lowest BCUT2D eigenvalue weighted by molar-refractivity contribution is -0.386. The molecule has 0 aromatic heterocycles. The molecule has 6 nitrogen and oxygen atoms in total. The molecule has 1 atom stereocenters. The van der Waals surface area contributed by atoms with Crippen LogP contribution in [0.1, 0.15) is 13.3 Å². The van der Waals surface area contributed by atoms with Gasteiger partial charge in [-0.05, 0) is 12.5 Å². The quantitative estimate of drug-likeness (QED) is 0.609. The van der Waals surface area contributed by atoms with E-state index in [0.29, 0.717) is 0 Å². The van der Waals surface area contributed by atoms with Crippen molar-refractivity contribution < 1.29 is 19.6 Å². The van der Waals surface area contributed by atoms with E-state index in [9.17, 15) is 14.9 Å². The minimum absolute atomic E-state index is 0.0262. The third kappa shape index (κ3) is 2.69. The maximum Gasteiger partial charge on any atom is 0.344 e. The Morgan fingerprint density at radius 2 is 2.19 bits per heavy atom. The number of nitro groups is 1. The van der Waals surface area contributed by atoms with E-state index in [4.69, 9.17) is 9.84 Å². The number of aliphatic carboxylic acids is 1. The summed E-state index contributed by atoms with van der Waals surface area (Å²) in [4.78, 5) is 20.8. The fourth-order valence-electron chi connectivity index (χ4n) is 1.17. The van der Waals surface area contributed by atoms with Gasteiger partial charge in [-0.25, -0.2) is 4.79 Å². The van der Waals surface area contributed by atoms with Gasteiger partial charge in [0.15, 0.2) is 11.9 Å². The van der Waals surface area contributed by atoms with Crippen molar-refractivity contribution in [2.75, 3.05) is 0 Å². The first-order chi connectivity index (χ1) is 7.56. The molecule has 0 heterocycles. The molecule has 6 heteroatoms. The maximum absolute atomic E-state index is 10.7. The van der Waals surface area contributed by atoms with Crippen LogP contribution in [-0.4, -0.2) is 22.1 Å². The summed E-state index contributed by atoms with van der Waals surface area (Å²) in [7, 11) is 0. The second-order valence-electron chi connectivity index (χ2n) is 3.08. The molecule has 0 bridgehead atoms. The normalized spacial score (nSPS) is 11.8. The predicted molar refractivity (Wildman–Crippen MR) is 55.4 cm³/mol. The third-order valence-electron chi connectivity index (χ3n) is 1.98. The number of nitrogens with zero attached hydrogens (tertiary/aromatic N) is 1. The van der Waals surface area contributed by atoms with E-state index >= 15 is 0 Å². The van der Waals surface area contributed by atoms with Crippen molar-refractivity contribution >= 4 is 11.7 Å². The molecule has 1 aromatic rings. The summed E-state index contributed by atoms with van der Waals surface area (Å²) in [6.45, 7) is 1.63. The van der Waals surface area contributed by atoms with Gasteiger partial charge in [0.25, 0.3) is 0 Å². The van der Waals surface area contributed by atoms with Crippen molar-refractivity contribution in [2.45, 2.75) is 19.4 Å². The van der Waals surface area contributed by atoms with Gasteiger partial charge in [-0.3, -0.25) is 10.1 Å². The molecule has 0 amide bonds. The zero-order chi connectivity index (χ0) is 12.1. The van der Waals surface area contributed by atoms with Gasteiger partial charge in [-0.1, -0.05) is 19.1 Å². The van der Waals surface area contributed by atoms with Crippen LogP contribution in [0.2, 0.25) is 0 Å². The van der Waals surface area contributed by atoms with Crippen LogP contribution in [0.15, 0.2) is 24.3 Å². The number of carboxylic acids is 1. The number of rotatable bonds is 5. The zero-order valence-electron chi connectivity index (χ0n) is 8.62. The summed E-state index contributed by atoms with van der Waals surface area (Å²) in [5.41, 5.74) is -0.234. The fraction of sp³-hybridized carbons (Fsp3) is 0.300. The van der Waals surface area contributed by atoms with Crippen molar-refractivity contribution in [1.29, 1.82) is 0 Å². The minimum atomic E-state index is -1.14. The highest BCUT2D eigenvalue weighted by Crippen LogP contribution is 2.27. The molecule has 0 aliphatic heterocycles.